The molecule has 7 nitrogen and oxygen atoms in total. The Morgan fingerprint density at radius 3 is 2.68 bits per heavy atom. The molecule has 1 aromatic carbocycles. The first-order chi connectivity index (χ1) is 13.5. The van der Waals surface area contributed by atoms with Crippen molar-refractivity contribution >= 4 is 17.5 Å². The van der Waals surface area contributed by atoms with Crippen LogP contribution in [0, 0.1) is 0 Å². The Bertz CT molecular complexity index is 979. The van der Waals surface area contributed by atoms with E-state index in [1.54, 1.807) is 50.7 Å². The minimum absolute atomic E-state index is 0.168. The summed E-state index contributed by atoms with van der Waals surface area (Å²) >= 11 is 5.98. The molecule has 0 saturated carbocycles. The normalized spacial score (nSPS) is 11.7. The number of nitrogens with one attached hydrogen (secondary N) is 1. The van der Waals surface area contributed by atoms with E-state index in [0.717, 1.165) is 5.56 Å². The average molecular weight is 399 g/mol. The lowest BCUT2D eigenvalue weighted by atomic mass is 10.1. The maximum Gasteiger partial charge on any atom is 0.270 e. The van der Waals surface area contributed by atoms with E-state index in [2.05, 4.69) is 20.3 Å². The van der Waals surface area contributed by atoms with Crippen LogP contribution in [0.5, 0.6) is 5.75 Å². The van der Waals surface area contributed by atoms with Crippen LogP contribution in [0.1, 0.15) is 17.4 Å². The highest BCUT2D eigenvalue weighted by molar-refractivity contribution is 6.30. The van der Waals surface area contributed by atoms with Crippen LogP contribution >= 0.6 is 11.6 Å². The highest BCUT2D eigenvalue weighted by Gasteiger charge is 2.17. The molecule has 0 aliphatic heterocycles. The Hall–Kier alpha value is -3.03. The van der Waals surface area contributed by atoms with E-state index in [0.29, 0.717) is 27.9 Å². The molecule has 0 bridgehead atoms. The molecular weight excluding hydrogens is 380 g/mol. The summed E-state index contributed by atoms with van der Waals surface area (Å²) in [6.07, 6.45) is 3.18. The van der Waals surface area contributed by atoms with Gasteiger partial charge in [0.1, 0.15) is 11.4 Å². The van der Waals surface area contributed by atoms with Crippen molar-refractivity contribution in [1.29, 1.82) is 0 Å². The third-order valence-corrected chi connectivity index (χ3v) is 4.24. The zero-order valence-electron chi connectivity index (χ0n) is 15.4. The Kier molecular flexibility index (Phi) is 6.18. The standard InChI is InChI=1S/C20H19ClN4O3/c1-12(11-26)23-20(27)17-9-16(13-3-5-14(21)6-4-13)24-19(25-17)15-10-22-8-7-18(15)28-2/h3-10,12,26H,11H2,1-2H3,(H,23,27)/t12-/m0/s1. The molecule has 3 rings (SSSR count). The molecule has 1 atom stereocenters. The summed E-state index contributed by atoms with van der Waals surface area (Å²) in [7, 11) is 1.54. The highest BCUT2D eigenvalue weighted by atomic mass is 35.5. The van der Waals surface area contributed by atoms with Crippen LogP contribution < -0.4 is 10.1 Å². The number of carbonyl (C=O) groups excluding carboxylic acids is 1. The van der Waals surface area contributed by atoms with Gasteiger partial charge in [0.2, 0.25) is 0 Å². The zero-order valence-corrected chi connectivity index (χ0v) is 16.1. The van der Waals surface area contributed by atoms with Crippen LogP contribution in [0.25, 0.3) is 22.6 Å². The molecule has 144 valence electrons. The second kappa shape index (κ2) is 8.77. The van der Waals surface area contributed by atoms with Crippen LogP contribution in [-0.4, -0.2) is 45.7 Å². The third kappa shape index (κ3) is 4.44. The molecule has 2 aromatic heterocycles. The quantitative estimate of drug-likeness (QED) is 0.662. The van der Waals surface area contributed by atoms with E-state index < -0.39 is 11.9 Å². The van der Waals surface area contributed by atoms with Crippen molar-refractivity contribution in [2.75, 3.05) is 13.7 Å². The molecule has 8 heteroatoms. The molecule has 0 spiro atoms. The van der Waals surface area contributed by atoms with Crippen LogP contribution in [-0.2, 0) is 0 Å². The Morgan fingerprint density at radius 1 is 1.25 bits per heavy atom. The van der Waals surface area contributed by atoms with Crippen LogP contribution in [0.2, 0.25) is 5.02 Å². The van der Waals surface area contributed by atoms with Gasteiger partial charge in [0.05, 0.1) is 25.0 Å². The summed E-state index contributed by atoms with van der Waals surface area (Å²) in [5.41, 5.74) is 2.06. The van der Waals surface area contributed by atoms with Crippen molar-refractivity contribution in [2.24, 2.45) is 0 Å². The van der Waals surface area contributed by atoms with Crippen LogP contribution in [0.4, 0.5) is 0 Å². The summed E-state index contributed by atoms with van der Waals surface area (Å²) in [6, 6.07) is 10.0. The number of aliphatic hydroxyl groups excluding tert-OH is 1. The molecule has 28 heavy (non-hydrogen) atoms. The second-order valence-corrected chi connectivity index (χ2v) is 6.54. The number of methoxy groups -OCH3 is 1. The van der Waals surface area contributed by atoms with Crippen molar-refractivity contribution < 1.29 is 14.6 Å². The Labute approximate surface area is 167 Å². The number of rotatable bonds is 6. The summed E-state index contributed by atoms with van der Waals surface area (Å²) in [6.45, 7) is 1.52. The largest absolute Gasteiger partial charge is 0.496 e. The van der Waals surface area contributed by atoms with Crippen molar-refractivity contribution in [3.63, 3.8) is 0 Å². The van der Waals surface area contributed by atoms with E-state index in [1.807, 2.05) is 12.1 Å². The molecule has 0 aliphatic rings. The van der Waals surface area contributed by atoms with Gasteiger partial charge in [-0.15, -0.1) is 0 Å². The van der Waals surface area contributed by atoms with Crippen molar-refractivity contribution in [3.8, 4) is 28.4 Å². The van der Waals surface area contributed by atoms with Gasteiger partial charge in [-0.25, -0.2) is 9.97 Å². The lowest BCUT2D eigenvalue weighted by Crippen LogP contribution is -2.35. The maximum atomic E-state index is 12.6. The predicted molar refractivity (Wildman–Crippen MR) is 106 cm³/mol. The number of nitrogens with zero attached hydrogens (tertiary/aromatic N) is 3. The van der Waals surface area contributed by atoms with Gasteiger partial charge in [-0.2, -0.15) is 0 Å². The first-order valence-electron chi connectivity index (χ1n) is 8.57. The number of pyridine rings is 1. The van der Waals surface area contributed by atoms with Gasteiger partial charge in [0, 0.05) is 29.0 Å². The van der Waals surface area contributed by atoms with E-state index >= 15 is 0 Å². The molecule has 0 radical (unpaired) electrons. The molecule has 2 N–H and O–H groups in total. The highest BCUT2D eigenvalue weighted by Crippen LogP contribution is 2.29. The Balaban J connectivity index is 2.13. The number of hydrogen-bond donors (Lipinski definition) is 2. The number of halogens is 1. The minimum Gasteiger partial charge on any atom is -0.496 e. The number of amides is 1. The summed E-state index contributed by atoms with van der Waals surface area (Å²) in [4.78, 5) is 25.7. The van der Waals surface area contributed by atoms with Gasteiger partial charge in [0.15, 0.2) is 5.82 Å². The average Bonchev–Trinajstić information content (AvgIpc) is 2.73. The van der Waals surface area contributed by atoms with E-state index in [1.165, 1.54) is 0 Å². The first kappa shape index (κ1) is 19.7. The second-order valence-electron chi connectivity index (χ2n) is 6.10. The monoisotopic (exact) mass is 398 g/mol. The molecular formula is C20H19ClN4O3. The minimum atomic E-state index is -0.414. The molecule has 0 fully saturated rings. The first-order valence-corrected chi connectivity index (χ1v) is 8.94. The number of benzene rings is 1. The summed E-state index contributed by atoms with van der Waals surface area (Å²) in [5.74, 6) is 0.431. The summed E-state index contributed by atoms with van der Waals surface area (Å²) in [5, 5.41) is 12.5. The molecule has 1 amide bonds. The maximum absolute atomic E-state index is 12.6. The topological polar surface area (TPSA) is 97.2 Å². The van der Waals surface area contributed by atoms with Crippen LogP contribution in [0.15, 0.2) is 48.8 Å². The number of carbonyl (C=O) groups is 1. The fourth-order valence-electron chi connectivity index (χ4n) is 2.52. The van der Waals surface area contributed by atoms with Gasteiger partial charge in [-0.1, -0.05) is 23.7 Å². The lowest BCUT2D eigenvalue weighted by molar-refractivity contribution is 0.0917. The van der Waals surface area contributed by atoms with Gasteiger partial charge >= 0.3 is 0 Å². The smallest absolute Gasteiger partial charge is 0.270 e. The molecule has 0 unspecified atom stereocenters. The lowest BCUT2D eigenvalue weighted by Gasteiger charge is -2.13. The van der Waals surface area contributed by atoms with Gasteiger partial charge in [-0.3, -0.25) is 9.78 Å². The van der Waals surface area contributed by atoms with Gasteiger partial charge < -0.3 is 15.2 Å². The van der Waals surface area contributed by atoms with E-state index in [-0.39, 0.29) is 12.3 Å². The summed E-state index contributed by atoms with van der Waals surface area (Å²) < 4.78 is 5.37. The number of hydrogen-bond acceptors (Lipinski definition) is 6. The van der Waals surface area contributed by atoms with Gasteiger partial charge in [0.25, 0.3) is 5.91 Å². The fourth-order valence-corrected chi connectivity index (χ4v) is 2.65. The third-order valence-electron chi connectivity index (χ3n) is 3.99. The van der Waals surface area contributed by atoms with Crippen molar-refractivity contribution in [3.05, 3.63) is 59.5 Å². The molecule has 0 aliphatic carbocycles. The fraction of sp³-hybridized carbons (Fsp3) is 0.200. The Morgan fingerprint density at radius 2 is 2.00 bits per heavy atom. The molecule has 3 aromatic rings. The van der Waals surface area contributed by atoms with Crippen LogP contribution in [0.3, 0.4) is 0 Å². The van der Waals surface area contributed by atoms with Crippen molar-refractivity contribution in [1.82, 2.24) is 20.3 Å². The van der Waals surface area contributed by atoms with Crippen molar-refractivity contribution in [2.45, 2.75) is 13.0 Å². The van der Waals surface area contributed by atoms with E-state index in [4.69, 9.17) is 16.3 Å². The SMILES string of the molecule is COc1ccncc1-c1nc(C(=O)N[C@@H](C)CO)cc(-c2ccc(Cl)cc2)n1. The number of aliphatic hydroxyl groups is 1. The number of aromatic nitrogens is 3. The van der Waals surface area contributed by atoms with E-state index in [9.17, 15) is 9.90 Å². The van der Waals surface area contributed by atoms with Gasteiger partial charge in [-0.05, 0) is 31.2 Å². The number of ether oxygens (including phenoxy) is 1. The zero-order chi connectivity index (χ0) is 20.1. The molecule has 2 heterocycles. The predicted octanol–water partition coefficient (Wildman–Crippen LogP) is 2.98. The molecule has 0 saturated heterocycles.